The fourth-order valence-corrected chi connectivity index (χ4v) is 3.79. The Morgan fingerprint density at radius 2 is 1.94 bits per heavy atom. The maximum Gasteiger partial charge on any atom is 0.271 e. The Bertz CT molecular complexity index is 1140. The highest BCUT2D eigenvalue weighted by Crippen LogP contribution is 2.21. The van der Waals surface area contributed by atoms with Gasteiger partial charge in [-0.15, -0.1) is 0 Å². The Balaban J connectivity index is 1.38. The number of carbonyl (C=O) groups excluding carboxylic acids is 1. The Labute approximate surface area is 192 Å². The second-order valence-electron chi connectivity index (χ2n) is 7.98. The van der Waals surface area contributed by atoms with Crippen LogP contribution in [0.4, 0.5) is 11.5 Å². The van der Waals surface area contributed by atoms with Gasteiger partial charge < -0.3 is 25.7 Å². The quantitative estimate of drug-likeness (QED) is 0.418. The molecule has 1 amide bonds. The van der Waals surface area contributed by atoms with Gasteiger partial charge in [-0.05, 0) is 68.6 Å². The Morgan fingerprint density at radius 1 is 1.15 bits per heavy atom. The highest BCUT2D eigenvalue weighted by atomic mass is 16.5. The molecule has 1 saturated heterocycles. The summed E-state index contributed by atoms with van der Waals surface area (Å²) < 4.78 is 5.84. The van der Waals surface area contributed by atoms with Crippen molar-refractivity contribution in [2.75, 3.05) is 37.4 Å². The lowest BCUT2D eigenvalue weighted by molar-refractivity contribution is 0.102. The molecule has 1 aromatic carbocycles. The van der Waals surface area contributed by atoms with Gasteiger partial charge in [-0.3, -0.25) is 9.59 Å². The highest BCUT2D eigenvalue weighted by molar-refractivity contribution is 6.04. The number of rotatable bonds is 8. The number of amides is 1. The summed E-state index contributed by atoms with van der Waals surface area (Å²) in [6, 6.07) is 10.3. The van der Waals surface area contributed by atoms with Crippen LogP contribution in [0.3, 0.4) is 0 Å². The van der Waals surface area contributed by atoms with Gasteiger partial charge in [-0.25, -0.2) is 9.97 Å². The fourth-order valence-electron chi connectivity index (χ4n) is 3.79. The van der Waals surface area contributed by atoms with E-state index in [0.717, 1.165) is 25.3 Å². The van der Waals surface area contributed by atoms with Crippen LogP contribution in [-0.4, -0.2) is 47.6 Å². The summed E-state index contributed by atoms with van der Waals surface area (Å²) in [7, 11) is 1.76. The lowest BCUT2D eigenvalue weighted by Crippen LogP contribution is -2.28. The maximum absolute atomic E-state index is 12.7. The zero-order valence-electron chi connectivity index (χ0n) is 18.6. The molecule has 4 N–H and O–H groups in total. The second kappa shape index (κ2) is 10.7. The fraction of sp³-hybridized carbons (Fsp3) is 0.333. The number of hydrogen-bond donors (Lipinski definition) is 4. The summed E-state index contributed by atoms with van der Waals surface area (Å²) in [6.45, 7) is 2.82. The number of pyridine rings is 1. The zero-order valence-corrected chi connectivity index (χ0v) is 18.6. The predicted octanol–water partition coefficient (Wildman–Crippen LogP) is 2.89. The third-order valence-corrected chi connectivity index (χ3v) is 5.74. The Morgan fingerprint density at radius 3 is 2.70 bits per heavy atom. The minimum Gasteiger partial charge on any atom is -0.494 e. The van der Waals surface area contributed by atoms with E-state index in [2.05, 4.69) is 30.9 Å². The first kappa shape index (κ1) is 22.5. The van der Waals surface area contributed by atoms with Gasteiger partial charge in [-0.2, -0.15) is 0 Å². The van der Waals surface area contributed by atoms with Gasteiger partial charge in [0.2, 0.25) is 0 Å². The van der Waals surface area contributed by atoms with Crippen LogP contribution in [0, 0.1) is 5.92 Å². The minimum absolute atomic E-state index is 0.143. The molecule has 4 rings (SSSR count). The van der Waals surface area contributed by atoms with Crippen LogP contribution in [0.2, 0.25) is 0 Å². The number of piperidine rings is 1. The van der Waals surface area contributed by atoms with Crippen LogP contribution in [0.1, 0.15) is 29.6 Å². The smallest absolute Gasteiger partial charge is 0.271 e. The number of nitrogens with zero attached hydrogens (tertiary/aromatic N) is 2. The SMILES string of the molecule is CNc1cc(-c2c[nH]c(=O)c(NC(=O)c3ccc(OCCC4CCNCC4)cc3)c2)ncn1. The van der Waals surface area contributed by atoms with Gasteiger partial charge in [0.05, 0.1) is 12.3 Å². The van der Waals surface area contributed by atoms with Crippen LogP contribution in [0.5, 0.6) is 5.75 Å². The number of hydrogen-bond acceptors (Lipinski definition) is 7. The highest BCUT2D eigenvalue weighted by Gasteiger charge is 2.14. The van der Waals surface area contributed by atoms with Crippen molar-refractivity contribution in [2.45, 2.75) is 19.3 Å². The number of aromatic amines is 1. The van der Waals surface area contributed by atoms with Crippen LogP contribution in [-0.2, 0) is 0 Å². The van der Waals surface area contributed by atoms with Crippen LogP contribution >= 0.6 is 0 Å². The maximum atomic E-state index is 12.7. The number of nitrogens with one attached hydrogen (secondary N) is 4. The summed E-state index contributed by atoms with van der Waals surface area (Å²) in [4.78, 5) is 35.9. The topological polar surface area (TPSA) is 121 Å². The van der Waals surface area contributed by atoms with Gasteiger partial charge in [0.15, 0.2) is 0 Å². The first-order valence-electron chi connectivity index (χ1n) is 11.1. The van der Waals surface area contributed by atoms with Crippen LogP contribution < -0.4 is 26.2 Å². The van der Waals surface area contributed by atoms with Gasteiger partial charge >= 0.3 is 0 Å². The van der Waals surface area contributed by atoms with Gasteiger partial charge in [-0.1, -0.05) is 0 Å². The first-order valence-corrected chi connectivity index (χ1v) is 11.1. The molecule has 1 aliphatic rings. The first-order chi connectivity index (χ1) is 16.1. The number of anilines is 2. The summed E-state index contributed by atoms with van der Waals surface area (Å²) >= 11 is 0. The lowest BCUT2D eigenvalue weighted by atomic mass is 9.95. The molecular weight excluding hydrogens is 420 g/mol. The molecule has 2 aromatic heterocycles. The molecule has 9 nitrogen and oxygen atoms in total. The average molecular weight is 449 g/mol. The van der Waals surface area contributed by atoms with Crippen molar-refractivity contribution in [3.8, 4) is 17.0 Å². The molecule has 1 fully saturated rings. The zero-order chi connectivity index (χ0) is 23.0. The number of benzene rings is 1. The third-order valence-electron chi connectivity index (χ3n) is 5.74. The standard InChI is InChI=1S/C24H28N6O3/c1-25-22-13-20(28-15-29-22)18-12-21(24(32)27-14-18)30-23(31)17-2-4-19(5-3-17)33-11-8-16-6-9-26-10-7-16/h2-5,12-16,26H,6-11H2,1H3,(H,27,32)(H,30,31)(H,25,28,29). The predicted molar refractivity (Wildman–Crippen MR) is 128 cm³/mol. The largest absolute Gasteiger partial charge is 0.494 e. The van der Waals surface area contributed by atoms with Crippen molar-refractivity contribution in [2.24, 2.45) is 5.92 Å². The van der Waals surface area contributed by atoms with Crippen LogP contribution in [0.15, 0.2) is 53.7 Å². The molecule has 0 atom stereocenters. The molecule has 172 valence electrons. The van der Waals surface area contributed by atoms with E-state index in [1.165, 1.54) is 19.2 Å². The second-order valence-corrected chi connectivity index (χ2v) is 7.98. The van der Waals surface area contributed by atoms with Crippen molar-refractivity contribution in [1.29, 1.82) is 0 Å². The Hall–Kier alpha value is -3.72. The molecule has 0 bridgehead atoms. The van der Waals surface area contributed by atoms with E-state index in [9.17, 15) is 9.59 Å². The van der Waals surface area contributed by atoms with E-state index in [1.54, 1.807) is 49.6 Å². The molecule has 0 unspecified atom stereocenters. The van der Waals surface area contributed by atoms with E-state index in [0.29, 0.717) is 35.2 Å². The van der Waals surface area contributed by atoms with Crippen molar-refractivity contribution in [1.82, 2.24) is 20.3 Å². The van der Waals surface area contributed by atoms with E-state index in [4.69, 9.17) is 4.74 Å². The monoisotopic (exact) mass is 448 g/mol. The summed E-state index contributed by atoms with van der Waals surface area (Å²) in [5.74, 6) is 1.70. The van der Waals surface area contributed by atoms with E-state index < -0.39 is 5.56 Å². The lowest BCUT2D eigenvalue weighted by Gasteiger charge is -2.22. The number of H-pyrrole nitrogens is 1. The molecule has 0 spiro atoms. The third kappa shape index (κ3) is 5.95. The average Bonchev–Trinajstić information content (AvgIpc) is 2.86. The van der Waals surface area contributed by atoms with Gasteiger partial charge in [0.1, 0.15) is 23.6 Å². The Kier molecular flexibility index (Phi) is 7.31. The minimum atomic E-state index is -0.395. The van der Waals surface area contributed by atoms with Gasteiger partial charge in [0.25, 0.3) is 11.5 Å². The number of aromatic nitrogens is 3. The molecule has 0 radical (unpaired) electrons. The molecule has 0 saturated carbocycles. The van der Waals surface area contributed by atoms with Crippen molar-refractivity contribution >= 4 is 17.4 Å². The van der Waals surface area contributed by atoms with E-state index >= 15 is 0 Å². The summed E-state index contributed by atoms with van der Waals surface area (Å²) in [5.41, 5.74) is 1.45. The van der Waals surface area contributed by atoms with Gasteiger partial charge in [0, 0.05) is 30.4 Å². The van der Waals surface area contributed by atoms with Crippen molar-refractivity contribution < 1.29 is 9.53 Å². The van der Waals surface area contributed by atoms with E-state index in [-0.39, 0.29) is 11.6 Å². The van der Waals surface area contributed by atoms with E-state index in [1.807, 2.05) is 0 Å². The molecule has 3 heterocycles. The number of ether oxygens (including phenoxy) is 1. The molecule has 0 aliphatic carbocycles. The van der Waals surface area contributed by atoms with Crippen molar-refractivity contribution in [3.63, 3.8) is 0 Å². The summed E-state index contributed by atoms with van der Waals surface area (Å²) in [5, 5.41) is 9.00. The molecule has 1 aliphatic heterocycles. The number of carbonyl (C=O) groups is 1. The molecule has 33 heavy (non-hydrogen) atoms. The van der Waals surface area contributed by atoms with Crippen LogP contribution in [0.25, 0.3) is 11.3 Å². The summed E-state index contributed by atoms with van der Waals surface area (Å²) in [6.07, 6.45) is 6.40. The molecule has 3 aromatic rings. The normalized spacial score (nSPS) is 14.0. The molecular formula is C24H28N6O3. The van der Waals surface area contributed by atoms with Crippen molar-refractivity contribution in [3.05, 3.63) is 64.8 Å². The molecule has 9 heteroatoms.